The minimum atomic E-state index is -0.428. The normalized spacial score (nSPS) is 21.4. The molecule has 2 atom stereocenters. The van der Waals surface area contributed by atoms with E-state index in [2.05, 4.69) is 31.2 Å². The number of unbranched alkanes of at least 4 members (excludes halogenated alkanes) is 1. The molecule has 1 aliphatic heterocycles. The highest BCUT2D eigenvalue weighted by Crippen LogP contribution is 2.33. The predicted octanol–water partition coefficient (Wildman–Crippen LogP) is 4.65. The van der Waals surface area contributed by atoms with Crippen molar-refractivity contribution in [3.63, 3.8) is 0 Å². The van der Waals surface area contributed by atoms with E-state index in [1.165, 1.54) is 24.8 Å². The lowest BCUT2D eigenvalue weighted by Crippen LogP contribution is -2.60. The molecule has 0 N–H and O–H groups in total. The van der Waals surface area contributed by atoms with Gasteiger partial charge in [-0.25, -0.2) is 4.79 Å². The topological polar surface area (TPSA) is 29.5 Å². The molecule has 0 radical (unpaired) electrons. The van der Waals surface area contributed by atoms with Crippen LogP contribution in [0, 0.1) is 5.92 Å². The Bertz CT molecular complexity index is 478. The molecule has 22 heavy (non-hydrogen) atoms. The summed E-state index contributed by atoms with van der Waals surface area (Å²) in [5.74, 6) is 0.604. The van der Waals surface area contributed by atoms with Crippen LogP contribution < -0.4 is 0 Å². The van der Waals surface area contributed by atoms with Crippen molar-refractivity contribution in [3.8, 4) is 0 Å². The molecule has 0 saturated carbocycles. The van der Waals surface area contributed by atoms with Crippen molar-refractivity contribution in [2.45, 2.75) is 65.0 Å². The van der Waals surface area contributed by atoms with Gasteiger partial charge in [0.2, 0.25) is 0 Å². The van der Waals surface area contributed by atoms with Crippen LogP contribution in [0.4, 0.5) is 4.79 Å². The van der Waals surface area contributed by atoms with Gasteiger partial charge in [0.25, 0.3) is 0 Å². The molecule has 1 saturated heterocycles. The number of hydrogen-bond donors (Lipinski definition) is 0. The van der Waals surface area contributed by atoms with Gasteiger partial charge in [0, 0.05) is 12.6 Å². The summed E-state index contributed by atoms with van der Waals surface area (Å²) in [6.07, 6.45) is 4.40. The Balaban J connectivity index is 2.02. The summed E-state index contributed by atoms with van der Waals surface area (Å²) >= 11 is 0. The molecule has 122 valence electrons. The van der Waals surface area contributed by atoms with Gasteiger partial charge >= 0.3 is 6.09 Å². The smallest absolute Gasteiger partial charge is 0.410 e. The number of rotatable bonds is 5. The number of carbonyl (C=O) groups is 1. The fourth-order valence-electron chi connectivity index (χ4n) is 3.04. The number of amides is 1. The first-order valence-corrected chi connectivity index (χ1v) is 8.44. The number of ether oxygens (including phenoxy) is 1. The highest BCUT2D eigenvalue weighted by atomic mass is 16.6. The zero-order valence-corrected chi connectivity index (χ0v) is 14.3. The lowest BCUT2D eigenvalue weighted by molar-refractivity contribution is -0.0322. The number of likely N-dealkylation sites (tertiary alicyclic amines) is 1. The molecular formula is C19H29NO2. The largest absolute Gasteiger partial charge is 0.444 e. The molecule has 0 spiro atoms. The van der Waals surface area contributed by atoms with Crippen molar-refractivity contribution in [1.29, 1.82) is 0 Å². The maximum absolute atomic E-state index is 12.4. The predicted molar refractivity (Wildman–Crippen MR) is 89.9 cm³/mol. The molecule has 0 aromatic heterocycles. The van der Waals surface area contributed by atoms with Crippen LogP contribution in [0.25, 0.3) is 0 Å². The van der Waals surface area contributed by atoms with Crippen molar-refractivity contribution in [3.05, 3.63) is 35.9 Å². The Morgan fingerprint density at radius 2 is 1.95 bits per heavy atom. The van der Waals surface area contributed by atoms with Crippen molar-refractivity contribution < 1.29 is 9.53 Å². The Hall–Kier alpha value is -1.51. The van der Waals surface area contributed by atoms with E-state index in [1.807, 2.05) is 31.7 Å². The molecule has 1 aromatic carbocycles. The second kappa shape index (κ2) is 7.17. The zero-order chi connectivity index (χ0) is 16.2. The van der Waals surface area contributed by atoms with E-state index in [4.69, 9.17) is 4.74 Å². The zero-order valence-electron chi connectivity index (χ0n) is 14.3. The third-order valence-corrected chi connectivity index (χ3v) is 4.22. The van der Waals surface area contributed by atoms with Crippen LogP contribution in [-0.4, -0.2) is 29.2 Å². The summed E-state index contributed by atoms with van der Waals surface area (Å²) in [6, 6.07) is 10.7. The van der Waals surface area contributed by atoms with E-state index < -0.39 is 5.60 Å². The van der Waals surface area contributed by atoms with Gasteiger partial charge in [-0.3, -0.25) is 0 Å². The Labute approximate surface area is 134 Å². The molecule has 1 aliphatic rings. The summed E-state index contributed by atoms with van der Waals surface area (Å²) in [6.45, 7) is 8.82. The minimum absolute atomic E-state index is 0.166. The third-order valence-electron chi connectivity index (χ3n) is 4.22. The van der Waals surface area contributed by atoms with Gasteiger partial charge < -0.3 is 9.64 Å². The van der Waals surface area contributed by atoms with Crippen LogP contribution in [0.15, 0.2) is 30.3 Å². The van der Waals surface area contributed by atoms with E-state index in [0.29, 0.717) is 5.92 Å². The minimum Gasteiger partial charge on any atom is -0.444 e. The quantitative estimate of drug-likeness (QED) is 0.792. The molecule has 1 fully saturated rings. The van der Waals surface area contributed by atoms with Crippen molar-refractivity contribution in [2.24, 2.45) is 5.92 Å². The van der Waals surface area contributed by atoms with E-state index in [1.54, 1.807) is 0 Å². The fraction of sp³-hybridized carbons (Fsp3) is 0.632. The lowest BCUT2D eigenvalue weighted by Gasteiger charge is -2.48. The number of benzene rings is 1. The van der Waals surface area contributed by atoms with Crippen molar-refractivity contribution >= 4 is 6.09 Å². The maximum atomic E-state index is 12.4. The molecule has 3 nitrogen and oxygen atoms in total. The third kappa shape index (κ3) is 4.49. The fourth-order valence-corrected chi connectivity index (χ4v) is 3.04. The molecule has 1 heterocycles. The average molecular weight is 303 g/mol. The van der Waals surface area contributed by atoms with Crippen LogP contribution in [-0.2, 0) is 11.2 Å². The Kier molecular flexibility index (Phi) is 5.49. The van der Waals surface area contributed by atoms with E-state index in [-0.39, 0.29) is 12.1 Å². The molecular weight excluding hydrogens is 274 g/mol. The average Bonchev–Trinajstić information content (AvgIpc) is 2.43. The number of hydrogen-bond acceptors (Lipinski definition) is 2. The van der Waals surface area contributed by atoms with E-state index in [0.717, 1.165) is 13.0 Å². The van der Waals surface area contributed by atoms with Gasteiger partial charge in [-0.15, -0.1) is 0 Å². The molecule has 2 rings (SSSR count). The van der Waals surface area contributed by atoms with Gasteiger partial charge in [0.15, 0.2) is 0 Å². The number of nitrogens with zero attached hydrogens (tertiary/aromatic N) is 1. The van der Waals surface area contributed by atoms with Gasteiger partial charge in [-0.1, -0.05) is 50.1 Å². The first-order chi connectivity index (χ1) is 10.4. The van der Waals surface area contributed by atoms with Gasteiger partial charge in [-0.2, -0.15) is 0 Å². The summed E-state index contributed by atoms with van der Waals surface area (Å²) in [7, 11) is 0. The van der Waals surface area contributed by atoms with Gasteiger partial charge in [-0.05, 0) is 45.1 Å². The Morgan fingerprint density at radius 1 is 1.27 bits per heavy atom. The van der Waals surface area contributed by atoms with Gasteiger partial charge in [0.05, 0.1) is 0 Å². The molecule has 0 bridgehead atoms. The van der Waals surface area contributed by atoms with E-state index >= 15 is 0 Å². The monoisotopic (exact) mass is 303 g/mol. The summed E-state index contributed by atoms with van der Waals surface area (Å²) in [5, 5.41) is 0. The lowest BCUT2D eigenvalue weighted by atomic mass is 9.81. The SMILES string of the molecule is CCCC[C@H]1CN(C(=O)OC(C)(C)C)[C@H]1Cc1ccccc1. The first-order valence-electron chi connectivity index (χ1n) is 8.44. The highest BCUT2D eigenvalue weighted by Gasteiger charge is 2.42. The molecule has 1 amide bonds. The van der Waals surface area contributed by atoms with E-state index in [9.17, 15) is 4.79 Å². The van der Waals surface area contributed by atoms with Crippen LogP contribution >= 0.6 is 0 Å². The van der Waals surface area contributed by atoms with Crippen LogP contribution in [0.5, 0.6) is 0 Å². The standard InChI is InChI=1S/C19H29NO2/c1-5-6-12-16-14-20(18(21)22-19(2,3)4)17(16)13-15-10-8-7-9-11-15/h7-11,16-17H,5-6,12-14H2,1-4H3/t16-,17-/m0/s1. The molecule has 3 heteroatoms. The molecule has 0 aliphatic carbocycles. The van der Waals surface area contributed by atoms with Crippen LogP contribution in [0.1, 0.15) is 52.5 Å². The van der Waals surface area contributed by atoms with Gasteiger partial charge in [0.1, 0.15) is 5.60 Å². The van der Waals surface area contributed by atoms with Crippen molar-refractivity contribution in [1.82, 2.24) is 4.90 Å². The Morgan fingerprint density at radius 3 is 2.55 bits per heavy atom. The summed E-state index contributed by atoms with van der Waals surface area (Å²) < 4.78 is 5.55. The maximum Gasteiger partial charge on any atom is 0.410 e. The molecule has 0 unspecified atom stereocenters. The second-order valence-electron chi connectivity index (χ2n) is 7.29. The van der Waals surface area contributed by atoms with Crippen molar-refractivity contribution in [2.75, 3.05) is 6.54 Å². The highest BCUT2D eigenvalue weighted by molar-refractivity contribution is 5.69. The van der Waals surface area contributed by atoms with Crippen LogP contribution in [0.2, 0.25) is 0 Å². The summed E-state index contributed by atoms with van der Waals surface area (Å²) in [4.78, 5) is 14.3. The molecule has 1 aromatic rings. The number of carbonyl (C=O) groups excluding carboxylic acids is 1. The summed E-state index contributed by atoms with van der Waals surface area (Å²) in [5.41, 5.74) is 0.866. The second-order valence-corrected chi connectivity index (χ2v) is 7.29. The van der Waals surface area contributed by atoms with Crippen LogP contribution in [0.3, 0.4) is 0 Å². The first kappa shape index (κ1) is 16.9.